The molecule has 178 valence electrons. The fourth-order valence-electron chi connectivity index (χ4n) is 3.46. The van der Waals surface area contributed by atoms with Crippen LogP contribution in [-0.4, -0.2) is 37.6 Å². The highest BCUT2D eigenvalue weighted by Crippen LogP contribution is 2.39. The predicted molar refractivity (Wildman–Crippen MR) is 135 cm³/mol. The van der Waals surface area contributed by atoms with E-state index in [9.17, 15) is 9.59 Å². The Kier molecular flexibility index (Phi) is 7.74. The number of esters is 1. The molecular formula is C27H24N2O5S. The number of methoxy groups -OCH3 is 2. The van der Waals surface area contributed by atoms with Gasteiger partial charge in [-0.3, -0.25) is 9.59 Å². The van der Waals surface area contributed by atoms with E-state index in [2.05, 4.69) is 10.3 Å². The van der Waals surface area contributed by atoms with E-state index in [1.165, 1.54) is 11.3 Å². The number of para-hydroxylation sites is 1. The van der Waals surface area contributed by atoms with Crippen LogP contribution in [0.4, 0.5) is 0 Å². The predicted octanol–water partition coefficient (Wildman–Crippen LogP) is 4.97. The fraction of sp³-hybridized carbons (Fsp3) is 0.148. The Bertz CT molecular complexity index is 1300. The minimum atomic E-state index is -0.548. The van der Waals surface area contributed by atoms with Gasteiger partial charge < -0.3 is 19.5 Å². The lowest BCUT2D eigenvalue weighted by molar-refractivity contribution is -0.143. The third kappa shape index (κ3) is 5.85. The fourth-order valence-corrected chi connectivity index (χ4v) is 4.28. The molecule has 7 nitrogen and oxygen atoms in total. The zero-order valence-electron chi connectivity index (χ0n) is 19.3. The maximum Gasteiger partial charge on any atom is 0.325 e. The molecule has 0 aliphatic carbocycles. The monoisotopic (exact) mass is 488 g/mol. The van der Waals surface area contributed by atoms with Crippen LogP contribution < -0.4 is 14.8 Å². The lowest BCUT2D eigenvalue weighted by Crippen LogP contribution is -2.30. The van der Waals surface area contributed by atoms with E-state index in [0.29, 0.717) is 22.8 Å². The van der Waals surface area contributed by atoms with Crippen molar-refractivity contribution in [2.24, 2.45) is 0 Å². The van der Waals surface area contributed by atoms with E-state index >= 15 is 0 Å². The number of amides is 1. The van der Waals surface area contributed by atoms with Crippen LogP contribution in [0.5, 0.6) is 11.5 Å². The quantitative estimate of drug-likeness (QED) is 0.335. The number of nitrogens with zero attached hydrogens (tertiary/aromatic N) is 1. The van der Waals surface area contributed by atoms with Crippen molar-refractivity contribution in [1.82, 2.24) is 10.3 Å². The van der Waals surface area contributed by atoms with Gasteiger partial charge in [-0.2, -0.15) is 0 Å². The average molecular weight is 489 g/mol. The normalized spacial score (nSPS) is 10.5. The van der Waals surface area contributed by atoms with Crippen molar-refractivity contribution in [1.29, 1.82) is 0 Å². The molecular weight excluding hydrogens is 464 g/mol. The Morgan fingerprint density at radius 3 is 2.34 bits per heavy atom. The van der Waals surface area contributed by atoms with Gasteiger partial charge in [0.2, 0.25) is 0 Å². The van der Waals surface area contributed by atoms with Crippen LogP contribution in [0, 0.1) is 0 Å². The lowest BCUT2D eigenvalue weighted by Gasteiger charge is -2.10. The van der Waals surface area contributed by atoms with Gasteiger partial charge in [0.15, 0.2) is 11.5 Å². The Balaban J connectivity index is 1.29. The van der Waals surface area contributed by atoms with Crippen molar-refractivity contribution in [3.05, 3.63) is 89.4 Å². The molecule has 1 aromatic heterocycles. The van der Waals surface area contributed by atoms with E-state index < -0.39 is 5.97 Å². The maximum atomic E-state index is 12.4. The molecule has 35 heavy (non-hydrogen) atoms. The number of carbonyl (C=O) groups is 2. The van der Waals surface area contributed by atoms with Gasteiger partial charge in [0.1, 0.15) is 18.2 Å². The third-order valence-electron chi connectivity index (χ3n) is 5.21. The molecule has 1 heterocycles. The van der Waals surface area contributed by atoms with Gasteiger partial charge in [0.05, 0.1) is 25.5 Å². The molecule has 1 amide bonds. The highest BCUT2D eigenvalue weighted by Gasteiger charge is 2.15. The van der Waals surface area contributed by atoms with Gasteiger partial charge in [-0.15, -0.1) is 11.3 Å². The van der Waals surface area contributed by atoms with Crippen molar-refractivity contribution < 1.29 is 23.8 Å². The zero-order valence-corrected chi connectivity index (χ0v) is 20.1. The third-order valence-corrected chi connectivity index (χ3v) is 6.14. The molecule has 0 aliphatic heterocycles. The Morgan fingerprint density at radius 2 is 1.63 bits per heavy atom. The summed E-state index contributed by atoms with van der Waals surface area (Å²) in [6.07, 6.45) is 0. The van der Waals surface area contributed by atoms with Crippen LogP contribution in [-0.2, 0) is 16.1 Å². The van der Waals surface area contributed by atoms with Gasteiger partial charge in [0.25, 0.3) is 5.91 Å². The summed E-state index contributed by atoms with van der Waals surface area (Å²) in [5.41, 5.74) is 3.94. The summed E-state index contributed by atoms with van der Waals surface area (Å²) in [7, 11) is 3.15. The topological polar surface area (TPSA) is 86.8 Å². The van der Waals surface area contributed by atoms with Crippen molar-refractivity contribution in [2.45, 2.75) is 6.61 Å². The summed E-state index contributed by atoms with van der Waals surface area (Å²) >= 11 is 1.41. The number of thiazole rings is 1. The zero-order chi connectivity index (χ0) is 24.6. The van der Waals surface area contributed by atoms with Crippen LogP contribution in [0.25, 0.3) is 21.7 Å². The summed E-state index contributed by atoms with van der Waals surface area (Å²) in [6, 6.07) is 22.6. The molecule has 0 atom stereocenters. The first kappa shape index (κ1) is 24.0. The molecule has 0 aliphatic rings. The Morgan fingerprint density at radius 1 is 0.886 bits per heavy atom. The smallest absolute Gasteiger partial charge is 0.325 e. The molecule has 0 saturated carbocycles. The molecule has 4 aromatic rings. The Labute approximate surface area is 207 Å². The molecule has 0 unspecified atom stereocenters. The minimum absolute atomic E-state index is 0.00323. The lowest BCUT2D eigenvalue weighted by atomic mass is 10.0. The summed E-state index contributed by atoms with van der Waals surface area (Å²) in [5, 5.41) is 5.13. The van der Waals surface area contributed by atoms with E-state index in [1.807, 2.05) is 66.0 Å². The van der Waals surface area contributed by atoms with Crippen molar-refractivity contribution in [3.8, 4) is 33.2 Å². The first-order valence-corrected chi connectivity index (χ1v) is 11.7. The number of ether oxygens (including phenoxy) is 3. The second kappa shape index (κ2) is 11.3. The summed E-state index contributed by atoms with van der Waals surface area (Å²) in [4.78, 5) is 29.1. The van der Waals surface area contributed by atoms with Gasteiger partial charge in [-0.1, -0.05) is 48.5 Å². The van der Waals surface area contributed by atoms with E-state index in [1.54, 1.807) is 26.4 Å². The van der Waals surface area contributed by atoms with Crippen LogP contribution in [0.1, 0.15) is 16.1 Å². The van der Waals surface area contributed by atoms with E-state index in [4.69, 9.17) is 14.2 Å². The van der Waals surface area contributed by atoms with Gasteiger partial charge in [-0.25, -0.2) is 4.98 Å². The summed E-state index contributed by atoms with van der Waals surface area (Å²) in [5.74, 6) is 0.307. The van der Waals surface area contributed by atoms with Gasteiger partial charge >= 0.3 is 5.97 Å². The van der Waals surface area contributed by atoms with Crippen LogP contribution >= 0.6 is 11.3 Å². The molecule has 8 heteroatoms. The van der Waals surface area contributed by atoms with Gasteiger partial charge in [0, 0.05) is 10.9 Å². The molecule has 0 radical (unpaired) electrons. The molecule has 0 saturated heterocycles. The molecule has 4 rings (SSSR count). The highest BCUT2D eigenvalue weighted by atomic mass is 32.1. The standard InChI is InChI=1S/C27H24N2O5S/c1-32-23-10-6-9-22(25(23)33-2)27-29-21(17-35-27)16-34-24(30)15-28-26(31)20-13-11-19(12-14-20)18-7-4-3-5-8-18/h3-14,17H,15-16H2,1-2H3,(H,28,31). The van der Waals surface area contributed by atoms with Crippen molar-refractivity contribution >= 4 is 23.2 Å². The van der Waals surface area contributed by atoms with Gasteiger partial charge in [-0.05, 0) is 35.4 Å². The molecule has 0 fully saturated rings. The number of nitrogens with one attached hydrogen (secondary N) is 1. The van der Waals surface area contributed by atoms with Crippen LogP contribution in [0.15, 0.2) is 78.2 Å². The minimum Gasteiger partial charge on any atom is -0.493 e. The number of aromatic nitrogens is 1. The maximum absolute atomic E-state index is 12.4. The molecule has 3 aromatic carbocycles. The summed E-state index contributed by atoms with van der Waals surface area (Å²) in [6.45, 7) is -0.233. The number of hydrogen-bond donors (Lipinski definition) is 1. The molecule has 0 spiro atoms. The van der Waals surface area contributed by atoms with E-state index in [-0.39, 0.29) is 19.1 Å². The molecule has 1 N–H and O–H groups in total. The number of rotatable bonds is 9. The Hall–Kier alpha value is -4.17. The molecule has 0 bridgehead atoms. The summed E-state index contributed by atoms with van der Waals surface area (Å²) < 4.78 is 16.1. The first-order valence-electron chi connectivity index (χ1n) is 10.8. The first-order chi connectivity index (χ1) is 17.1. The number of carbonyl (C=O) groups excluding carboxylic acids is 2. The number of hydrogen-bond acceptors (Lipinski definition) is 7. The highest BCUT2D eigenvalue weighted by molar-refractivity contribution is 7.13. The van der Waals surface area contributed by atoms with Crippen LogP contribution in [0.3, 0.4) is 0 Å². The van der Waals surface area contributed by atoms with Crippen molar-refractivity contribution in [3.63, 3.8) is 0 Å². The average Bonchev–Trinajstić information content (AvgIpc) is 3.39. The van der Waals surface area contributed by atoms with E-state index in [0.717, 1.165) is 21.7 Å². The second-order valence-corrected chi connectivity index (χ2v) is 8.33. The largest absolute Gasteiger partial charge is 0.493 e. The van der Waals surface area contributed by atoms with Crippen LogP contribution in [0.2, 0.25) is 0 Å². The number of benzene rings is 3. The second-order valence-electron chi connectivity index (χ2n) is 7.47. The van der Waals surface area contributed by atoms with Crippen molar-refractivity contribution in [2.75, 3.05) is 20.8 Å². The SMILES string of the molecule is COc1cccc(-c2nc(COC(=O)CNC(=O)c3ccc(-c4ccccc4)cc3)cs2)c1OC.